The lowest BCUT2D eigenvalue weighted by Crippen LogP contribution is -1.91. The largest absolute Gasteiger partial charge is 0.256 e. The average molecular weight is 307 g/mol. The van der Waals surface area contributed by atoms with Crippen LogP contribution in [0.4, 0.5) is 0 Å². The van der Waals surface area contributed by atoms with Crippen LogP contribution in [0.5, 0.6) is 0 Å². The van der Waals surface area contributed by atoms with Gasteiger partial charge in [-0.15, -0.1) is 0 Å². The first-order valence-electron chi connectivity index (χ1n) is 8.93. The van der Waals surface area contributed by atoms with Crippen LogP contribution in [0.25, 0.3) is 11.3 Å². The summed E-state index contributed by atoms with van der Waals surface area (Å²) >= 11 is 0. The third-order valence-corrected chi connectivity index (χ3v) is 4.41. The Morgan fingerprint density at radius 1 is 0.913 bits per heavy atom. The number of unbranched alkanes of at least 4 members (excludes halogenated alkanes) is 2. The molecule has 0 radical (unpaired) electrons. The Morgan fingerprint density at radius 2 is 1.65 bits per heavy atom. The van der Waals surface area contributed by atoms with E-state index in [1.807, 2.05) is 6.20 Å². The quantitative estimate of drug-likeness (QED) is 0.387. The first kappa shape index (κ1) is 17.5. The van der Waals surface area contributed by atoms with Crippen LogP contribution in [0.2, 0.25) is 0 Å². The lowest BCUT2D eigenvalue weighted by Gasteiger charge is -2.06. The van der Waals surface area contributed by atoms with Crippen LogP contribution in [0, 0.1) is 0 Å². The molecule has 23 heavy (non-hydrogen) atoms. The molecule has 1 nitrogen and oxygen atoms in total. The second kappa shape index (κ2) is 9.29. The molecule has 1 aromatic carbocycles. The van der Waals surface area contributed by atoms with Gasteiger partial charge in [0.1, 0.15) is 0 Å². The molecule has 122 valence electrons. The van der Waals surface area contributed by atoms with E-state index in [1.54, 1.807) is 0 Å². The summed E-state index contributed by atoms with van der Waals surface area (Å²) in [5, 5.41) is 0. The van der Waals surface area contributed by atoms with Crippen LogP contribution in [0.3, 0.4) is 0 Å². The Bertz CT molecular complexity index is 593. The second-order valence-corrected chi connectivity index (χ2v) is 6.31. The first-order valence-corrected chi connectivity index (χ1v) is 8.93. The van der Waals surface area contributed by atoms with Crippen molar-refractivity contribution in [3.63, 3.8) is 0 Å². The monoisotopic (exact) mass is 307 g/mol. The van der Waals surface area contributed by atoms with Gasteiger partial charge in [-0.1, -0.05) is 69.2 Å². The van der Waals surface area contributed by atoms with Gasteiger partial charge in [0, 0.05) is 11.8 Å². The van der Waals surface area contributed by atoms with Crippen LogP contribution in [0.1, 0.15) is 57.1 Å². The Labute approximate surface area is 141 Å². The molecule has 0 aliphatic carbocycles. The van der Waals surface area contributed by atoms with E-state index in [-0.39, 0.29) is 0 Å². The van der Waals surface area contributed by atoms with E-state index < -0.39 is 0 Å². The molecule has 0 aliphatic rings. The molecule has 0 atom stereocenters. The van der Waals surface area contributed by atoms with Crippen molar-refractivity contribution in [1.29, 1.82) is 0 Å². The molecule has 0 N–H and O–H groups in total. The summed E-state index contributed by atoms with van der Waals surface area (Å²) < 4.78 is 0. The van der Waals surface area contributed by atoms with Crippen molar-refractivity contribution in [2.24, 2.45) is 0 Å². The van der Waals surface area contributed by atoms with Gasteiger partial charge in [0.2, 0.25) is 0 Å². The zero-order valence-electron chi connectivity index (χ0n) is 14.6. The van der Waals surface area contributed by atoms with Gasteiger partial charge >= 0.3 is 0 Å². The molecule has 0 saturated carbocycles. The Hall–Kier alpha value is -1.89. The van der Waals surface area contributed by atoms with E-state index in [9.17, 15) is 0 Å². The van der Waals surface area contributed by atoms with E-state index in [4.69, 9.17) is 0 Å². The highest BCUT2D eigenvalue weighted by Crippen LogP contribution is 2.20. The fourth-order valence-electron chi connectivity index (χ4n) is 2.66. The van der Waals surface area contributed by atoms with Gasteiger partial charge in [0.15, 0.2) is 0 Å². The summed E-state index contributed by atoms with van der Waals surface area (Å²) in [5.74, 6) is 0. The van der Waals surface area contributed by atoms with E-state index in [0.29, 0.717) is 0 Å². The molecule has 1 aromatic heterocycles. The van der Waals surface area contributed by atoms with Crippen molar-refractivity contribution in [3.8, 4) is 11.3 Å². The number of pyridine rings is 1. The Morgan fingerprint density at radius 3 is 2.26 bits per heavy atom. The number of hydrogen-bond donors (Lipinski definition) is 0. The molecule has 1 heterocycles. The van der Waals surface area contributed by atoms with Crippen molar-refractivity contribution in [1.82, 2.24) is 4.98 Å². The van der Waals surface area contributed by atoms with E-state index in [1.165, 1.54) is 41.5 Å². The second-order valence-electron chi connectivity index (χ2n) is 6.31. The molecule has 0 bridgehead atoms. The molecular formula is C22H29N. The molecule has 0 saturated heterocycles. The maximum absolute atomic E-state index is 4.63. The zero-order valence-corrected chi connectivity index (χ0v) is 14.6. The summed E-state index contributed by atoms with van der Waals surface area (Å²) in [5.41, 5.74) is 6.31. The minimum absolute atomic E-state index is 1.06. The SMILES string of the molecule is C=C(CC)CCc1ccc(-c2ccc(CCCCC)cn2)cc1. The summed E-state index contributed by atoms with van der Waals surface area (Å²) in [6.07, 6.45) is 10.2. The van der Waals surface area contributed by atoms with Crippen LogP contribution in [-0.4, -0.2) is 4.98 Å². The van der Waals surface area contributed by atoms with Crippen molar-refractivity contribution in [2.45, 2.75) is 58.8 Å². The molecular weight excluding hydrogens is 278 g/mol. The molecule has 2 rings (SSSR count). The predicted molar refractivity (Wildman–Crippen MR) is 101 cm³/mol. The van der Waals surface area contributed by atoms with Crippen LogP contribution in [-0.2, 0) is 12.8 Å². The molecule has 0 fully saturated rings. The molecule has 0 unspecified atom stereocenters. The number of allylic oxidation sites excluding steroid dienone is 1. The molecule has 0 aliphatic heterocycles. The van der Waals surface area contributed by atoms with Gasteiger partial charge in [-0.25, -0.2) is 0 Å². The summed E-state index contributed by atoms with van der Waals surface area (Å²) in [6.45, 7) is 8.49. The lowest BCUT2D eigenvalue weighted by molar-refractivity contribution is 0.716. The van der Waals surface area contributed by atoms with Crippen LogP contribution >= 0.6 is 0 Å². The number of benzene rings is 1. The highest BCUT2D eigenvalue weighted by Gasteiger charge is 2.01. The highest BCUT2D eigenvalue weighted by molar-refractivity contribution is 5.59. The summed E-state index contributed by atoms with van der Waals surface area (Å²) in [7, 11) is 0. The fourth-order valence-corrected chi connectivity index (χ4v) is 2.66. The normalized spacial score (nSPS) is 10.7. The van der Waals surface area contributed by atoms with Crippen molar-refractivity contribution in [2.75, 3.05) is 0 Å². The Kier molecular flexibility index (Phi) is 7.06. The van der Waals surface area contributed by atoms with Gasteiger partial charge in [0.05, 0.1) is 5.69 Å². The van der Waals surface area contributed by atoms with Crippen molar-refractivity contribution < 1.29 is 0 Å². The maximum atomic E-state index is 4.63. The van der Waals surface area contributed by atoms with Crippen molar-refractivity contribution in [3.05, 3.63) is 65.9 Å². The van der Waals surface area contributed by atoms with Crippen LogP contribution in [0.15, 0.2) is 54.7 Å². The number of aromatic nitrogens is 1. The van der Waals surface area contributed by atoms with E-state index in [2.05, 4.69) is 61.8 Å². The predicted octanol–water partition coefficient (Wildman–Crippen LogP) is 6.38. The number of hydrogen-bond acceptors (Lipinski definition) is 1. The summed E-state index contributed by atoms with van der Waals surface area (Å²) in [6, 6.07) is 13.2. The van der Waals surface area contributed by atoms with E-state index in [0.717, 1.165) is 31.4 Å². The number of rotatable bonds is 9. The fraction of sp³-hybridized carbons (Fsp3) is 0.409. The van der Waals surface area contributed by atoms with Crippen molar-refractivity contribution >= 4 is 0 Å². The summed E-state index contributed by atoms with van der Waals surface area (Å²) in [4.78, 5) is 4.63. The number of nitrogens with zero attached hydrogens (tertiary/aromatic N) is 1. The smallest absolute Gasteiger partial charge is 0.0702 e. The molecule has 0 amide bonds. The maximum Gasteiger partial charge on any atom is 0.0702 e. The third kappa shape index (κ3) is 5.67. The minimum atomic E-state index is 1.06. The molecule has 1 heteroatoms. The third-order valence-electron chi connectivity index (χ3n) is 4.41. The van der Waals surface area contributed by atoms with Gasteiger partial charge in [-0.3, -0.25) is 4.98 Å². The van der Waals surface area contributed by atoms with Crippen LogP contribution < -0.4 is 0 Å². The standard InChI is InChI=1S/C22H29N/c1-4-6-7-8-20-13-16-22(23-17-20)21-14-11-19(12-15-21)10-9-18(3)5-2/h11-17H,3-10H2,1-2H3. The topological polar surface area (TPSA) is 12.9 Å². The first-order chi connectivity index (χ1) is 11.2. The lowest BCUT2D eigenvalue weighted by atomic mass is 10.0. The van der Waals surface area contributed by atoms with Gasteiger partial charge < -0.3 is 0 Å². The van der Waals surface area contributed by atoms with Gasteiger partial charge in [-0.05, 0) is 49.3 Å². The minimum Gasteiger partial charge on any atom is -0.256 e. The number of aryl methyl sites for hydroxylation is 2. The van der Waals surface area contributed by atoms with E-state index >= 15 is 0 Å². The molecule has 0 spiro atoms. The van der Waals surface area contributed by atoms with Gasteiger partial charge in [-0.2, -0.15) is 0 Å². The highest BCUT2D eigenvalue weighted by atomic mass is 14.7. The zero-order chi connectivity index (χ0) is 16.5. The Balaban J connectivity index is 1.94. The average Bonchev–Trinajstić information content (AvgIpc) is 2.61. The van der Waals surface area contributed by atoms with Gasteiger partial charge in [0.25, 0.3) is 0 Å². The molecule has 2 aromatic rings.